The minimum atomic E-state index is -0.220. The molecule has 2 aromatic rings. The number of halogens is 2. The van der Waals surface area contributed by atoms with E-state index < -0.39 is 0 Å². The summed E-state index contributed by atoms with van der Waals surface area (Å²) in [5.74, 6) is 0.659. The van der Waals surface area contributed by atoms with E-state index in [0.29, 0.717) is 30.1 Å². The fraction of sp³-hybridized carbons (Fsp3) is 0.333. The molecule has 2 aliphatic rings. The molecule has 0 radical (unpaired) electrons. The molecule has 1 atom stereocenters. The largest absolute Gasteiger partial charge is 0.372 e. The van der Waals surface area contributed by atoms with Gasteiger partial charge in [-0.15, -0.1) is 5.10 Å². The first-order valence-electron chi connectivity index (χ1n) is 8.60. The molecule has 7 nitrogen and oxygen atoms in total. The van der Waals surface area contributed by atoms with E-state index in [-0.39, 0.29) is 17.0 Å². The lowest BCUT2D eigenvalue weighted by Crippen LogP contribution is -2.40. The summed E-state index contributed by atoms with van der Waals surface area (Å²) < 4.78 is 1.79. The van der Waals surface area contributed by atoms with Crippen molar-refractivity contribution in [1.82, 2.24) is 24.8 Å². The van der Waals surface area contributed by atoms with Crippen LogP contribution in [-0.2, 0) is 6.42 Å². The van der Waals surface area contributed by atoms with Crippen LogP contribution in [0.2, 0.25) is 10.0 Å². The first-order chi connectivity index (χ1) is 13.0. The first kappa shape index (κ1) is 18.0. The van der Waals surface area contributed by atoms with Crippen LogP contribution in [0.3, 0.4) is 0 Å². The molecule has 0 fully saturated rings. The van der Waals surface area contributed by atoms with Gasteiger partial charge in [0.25, 0.3) is 5.91 Å². The summed E-state index contributed by atoms with van der Waals surface area (Å²) in [6, 6.07) is 4.86. The van der Waals surface area contributed by atoms with Gasteiger partial charge >= 0.3 is 0 Å². The Morgan fingerprint density at radius 3 is 2.89 bits per heavy atom. The third kappa shape index (κ3) is 3.11. The number of carbonyl (C=O) groups excluding carboxylic acids is 1. The van der Waals surface area contributed by atoms with E-state index in [1.54, 1.807) is 34.0 Å². The molecule has 27 heavy (non-hydrogen) atoms. The zero-order valence-corrected chi connectivity index (χ0v) is 16.4. The fourth-order valence-electron chi connectivity index (χ4n) is 3.42. The number of amides is 1. The Bertz CT molecular complexity index is 967. The van der Waals surface area contributed by atoms with Gasteiger partial charge < -0.3 is 9.80 Å². The lowest BCUT2D eigenvalue weighted by Gasteiger charge is -2.33. The molecule has 0 N–H and O–H groups in total. The summed E-state index contributed by atoms with van der Waals surface area (Å²) in [4.78, 5) is 21.2. The van der Waals surface area contributed by atoms with Gasteiger partial charge in [0.05, 0.1) is 33.9 Å². The van der Waals surface area contributed by atoms with Gasteiger partial charge in [0, 0.05) is 32.4 Å². The van der Waals surface area contributed by atoms with Crippen LogP contribution < -0.4 is 0 Å². The number of rotatable bonds is 1. The summed E-state index contributed by atoms with van der Waals surface area (Å²) in [5.41, 5.74) is 2.18. The van der Waals surface area contributed by atoms with Gasteiger partial charge in [0.15, 0.2) is 5.84 Å². The average molecular weight is 405 g/mol. The Hall–Kier alpha value is -2.38. The molecule has 0 saturated carbocycles. The number of carbonyl (C=O) groups is 1. The highest BCUT2D eigenvalue weighted by atomic mass is 35.5. The first-order valence-corrected chi connectivity index (χ1v) is 9.36. The van der Waals surface area contributed by atoms with Gasteiger partial charge in [-0.3, -0.25) is 4.79 Å². The van der Waals surface area contributed by atoms with Crippen molar-refractivity contribution in [3.8, 4) is 0 Å². The highest BCUT2D eigenvalue weighted by molar-refractivity contribution is 6.43. The molecule has 2 aliphatic heterocycles. The molecule has 0 saturated heterocycles. The van der Waals surface area contributed by atoms with E-state index in [1.165, 1.54) is 0 Å². The number of hydrogen-bond acceptors (Lipinski definition) is 5. The van der Waals surface area contributed by atoms with Crippen LogP contribution in [0.5, 0.6) is 0 Å². The van der Waals surface area contributed by atoms with Crippen LogP contribution in [0, 0.1) is 0 Å². The number of aromatic nitrogens is 3. The molecule has 1 unspecified atom stereocenters. The molecule has 9 heteroatoms. The quantitative estimate of drug-likeness (QED) is 0.732. The highest BCUT2D eigenvalue weighted by Gasteiger charge is 2.34. The Kier molecular flexibility index (Phi) is 4.65. The Labute approximate surface area is 166 Å². The normalized spacial score (nSPS) is 19.1. The lowest BCUT2D eigenvalue weighted by atomic mass is 10.0. The molecule has 1 aromatic carbocycles. The second kappa shape index (κ2) is 6.98. The van der Waals surface area contributed by atoms with Gasteiger partial charge in [-0.25, -0.2) is 9.67 Å². The number of hydrogen-bond donors (Lipinski definition) is 0. The van der Waals surface area contributed by atoms with E-state index in [4.69, 9.17) is 23.2 Å². The summed E-state index contributed by atoms with van der Waals surface area (Å²) in [6.45, 7) is 3.14. The number of benzene rings is 1. The van der Waals surface area contributed by atoms with E-state index in [2.05, 4.69) is 15.3 Å². The van der Waals surface area contributed by atoms with Crippen molar-refractivity contribution < 1.29 is 4.79 Å². The van der Waals surface area contributed by atoms with Crippen LogP contribution in [0.25, 0.3) is 0 Å². The van der Waals surface area contributed by atoms with Gasteiger partial charge in [0.1, 0.15) is 5.69 Å². The zero-order chi connectivity index (χ0) is 19.1. The van der Waals surface area contributed by atoms with E-state index in [0.717, 1.165) is 17.2 Å². The second-order valence-corrected chi connectivity index (χ2v) is 7.40. The second-order valence-electron chi connectivity index (χ2n) is 6.62. The maximum Gasteiger partial charge on any atom is 0.255 e. The summed E-state index contributed by atoms with van der Waals surface area (Å²) in [7, 11) is 1.98. The van der Waals surface area contributed by atoms with Crippen LogP contribution in [0.15, 0.2) is 35.6 Å². The molecule has 140 valence electrons. The lowest BCUT2D eigenvalue weighted by molar-refractivity contribution is 0.0673. The average Bonchev–Trinajstić information content (AvgIpc) is 3.09. The van der Waals surface area contributed by atoms with Gasteiger partial charge in [-0.1, -0.05) is 34.5 Å². The van der Waals surface area contributed by atoms with Crippen LogP contribution in [0.1, 0.15) is 34.7 Å². The SMILES string of the molecule is CC1c2nnn(C3=NC=CN(C)C3)c2CCN1C(=O)c1cccc(Cl)c1Cl. The molecule has 4 rings (SSSR count). The van der Waals surface area contributed by atoms with Crippen molar-refractivity contribution in [2.45, 2.75) is 19.4 Å². The predicted molar refractivity (Wildman–Crippen MR) is 104 cm³/mol. The number of aliphatic imine (C=N–C) groups is 1. The predicted octanol–water partition coefficient (Wildman–Crippen LogP) is 3.01. The monoisotopic (exact) mass is 404 g/mol. The molecular formula is C18H18Cl2N6O. The maximum absolute atomic E-state index is 13.0. The van der Waals surface area contributed by atoms with Crippen molar-refractivity contribution in [3.63, 3.8) is 0 Å². The highest BCUT2D eigenvalue weighted by Crippen LogP contribution is 2.32. The minimum Gasteiger partial charge on any atom is -0.372 e. The maximum atomic E-state index is 13.0. The van der Waals surface area contributed by atoms with Crippen molar-refractivity contribution in [3.05, 3.63) is 57.6 Å². The Morgan fingerprint density at radius 2 is 2.11 bits per heavy atom. The fourth-order valence-corrected chi connectivity index (χ4v) is 3.80. The Morgan fingerprint density at radius 1 is 1.30 bits per heavy atom. The molecule has 0 spiro atoms. The van der Waals surface area contributed by atoms with Gasteiger partial charge in [-0.2, -0.15) is 0 Å². The zero-order valence-electron chi connectivity index (χ0n) is 14.9. The molecule has 1 aromatic heterocycles. The van der Waals surface area contributed by atoms with Crippen LogP contribution in [-0.4, -0.2) is 56.7 Å². The van der Waals surface area contributed by atoms with Crippen molar-refractivity contribution in [2.24, 2.45) is 4.99 Å². The van der Waals surface area contributed by atoms with Crippen molar-refractivity contribution in [1.29, 1.82) is 0 Å². The molecule has 0 aliphatic carbocycles. The summed E-state index contributed by atoms with van der Waals surface area (Å²) in [5, 5.41) is 9.28. The third-order valence-electron chi connectivity index (χ3n) is 4.87. The Balaban J connectivity index is 1.64. The number of likely N-dealkylation sites (N-methyl/N-ethyl adjacent to an activating group) is 1. The van der Waals surface area contributed by atoms with E-state index in [9.17, 15) is 4.79 Å². The van der Waals surface area contributed by atoms with Crippen molar-refractivity contribution >= 4 is 34.9 Å². The van der Waals surface area contributed by atoms with Gasteiger partial charge in [-0.05, 0) is 19.1 Å². The smallest absolute Gasteiger partial charge is 0.255 e. The molecular weight excluding hydrogens is 387 g/mol. The molecule has 3 heterocycles. The standard InChI is InChI=1S/C18H18Cl2N6O/c1-11-17-14(26(23-22-17)15-10-24(2)9-7-21-15)6-8-25(11)18(27)12-4-3-5-13(19)16(12)20/h3-5,7,9,11H,6,8,10H2,1-2H3. The summed E-state index contributed by atoms with van der Waals surface area (Å²) in [6.07, 6.45) is 4.30. The van der Waals surface area contributed by atoms with Crippen LogP contribution in [0.4, 0.5) is 0 Å². The van der Waals surface area contributed by atoms with Crippen molar-refractivity contribution in [2.75, 3.05) is 20.1 Å². The molecule has 1 amide bonds. The molecule has 0 bridgehead atoms. The third-order valence-corrected chi connectivity index (χ3v) is 5.69. The number of nitrogens with zero attached hydrogens (tertiary/aromatic N) is 6. The van der Waals surface area contributed by atoms with Crippen LogP contribution >= 0.6 is 23.2 Å². The van der Waals surface area contributed by atoms with Gasteiger partial charge in [0.2, 0.25) is 0 Å². The number of fused-ring (bicyclic) bond motifs is 1. The van der Waals surface area contributed by atoms with E-state index in [1.807, 2.05) is 25.1 Å². The summed E-state index contributed by atoms with van der Waals surface area (Å²) >= 11 is 12.3. The van der Waals surface area contributed by atoms with E-state index >= 15 is 0 Å². The minimum absolute atomic E-state index is 0.159. The topological polar surface area (TPSA) is 66.6 Å².